The first kappa shape index (κ1) is 23.3. The summed E-state index contributed by atoms with van der Waals surface area (Å²) in [7, 11) is 2.13. The second kappa shape index (κ2) is 10.4. The van der Waals surface area contributed by atoms with Crippen molar-refractivity contribution in [2.24, 2.45) is 0 Å². The third-order valence-corrected chi connectivity index (χ3v) is 6.02. The van der Waals surface area contributed by atoms with Crippen LogP contribution in [-0.2, 0) is 0 Å². The lowest BCUT2D eigenvalue weighted by Gasteiger charge is -2.23. The van der Waals surface area contributed by atoms with Crippen molar-refractivity contribution in [3.05, 3.63) is 83.4 Å². The average molecular weight is 459 g/mol. The molecular formula is C27H30N4O3. The number of anilines is 3. The number of nitrogens with zero attached hydrogens (tertiary/aromatic N) is 2. The minimum absolute atomic E-state index is 0.0560. The van der Waals surface area contributed by atoms with Gasteiger partial charge in [0.25, 0.3) is 11.8 Å². The van der Waals surface area contributed by atoms with Gasteiger partial charge in [-0.3, -0.25) is 9.59 Å². The van der Waals surface area contributed by atoms with Crippen molar-refractivity contribution in [2.45, 2.75) is 13.3 Å². The van der Waals surface area contributed by atoms with Crippen molar-refractivity contribution in [1.82, 2.24) is 4.90 Å². The molecule has 1 fully saturated rings. The van der Waals surface area contributed by atoms with Crippen LogP contribution in [0.4, 0.5) is 17.1 Å². The molecule has 4 rings (SSSR count). The number of benzene rings is 3. The minimum atomic E-state index is -0.420. The standard InChI is InChI=1S/C27H30N4O3/c1-19-4-8-21(9-5-19)28-27(34)24-18-23(32)12-13-25(24)29-26(33)20-6-10-22(11-7-20)31-15-3-14-30(2)16-17-31/h4-13,18,32H,3,14-17H2,1-2H3,(H,28,34)(H,29,33). The molecule has 0 unspecified atom stereocenters. The molecule has 0 radical (unpaired) electrons. The highest BCUT2D eigenvalue weighted by molar-refractivity contribution is 6.12. The Kier molecular flexibility index (Phi) is 7.13. The van der Waals surface area contributed by atoms with E-state index < -0.39 is 5.91 Å². The largest absolute Gasteiger partial charge is 0.508 e. The summed E-state index contributed by atoms with van der Waals surface area (Å²) in [6.45, 7) is 6.01. The lowest BCUT2D eigenvalue weighted by molar-refractivity contribution is 0.102. The maximum atomic E-state index is 12.9. The van der Waals surface area contributed by atoms with E-state index in [0.29, 0.717) is 16.9 Å². The summed E-state index contributed by atoms with van der Waals surface area (Å²) in [6, 6.07) is 19.2. The Bertz CT molecular complexity index is 1160. The number of carbonyl (C=O) groups excluding carboxylic acids is 2. The third kappa shape index (κ3) is 5.74. The molecule has 34 heavy (non-hydrogen) atoms. The summed E-state index contributed by atoms with van der Waals surface area (Å²) in [5, 5.41) is 15.6. The van der Waals surface area contributed by atoms with Gasteiger partial charge in [0.2, 0.25) is 0 Å². The molecule has 7 nitrogen and oxygen atoms in total. The summed E-state index contributed by atoms with van der Waals surface area (Å²) < 4.78 is 0. The van der Waals surface area contributed by atoms with Crippen LogP contribution in [0.25, 0.3) is 0 Å². The van der Waals surface area contributed by atoms with Crippen LogP contribution < -0.4 is 15.5 Å². The number of phenols is 1. The molecule has 1 aliphatic heterocycles. The van der Waals surface area contributed by atoms with Gasteiger partial charge in [0.1, 0.15) is 5.75 Å². The first-order chi connectivity index (χ1) is 16.4. The molecule has 7 heteroatoms. The van der Waals surface area contributed by atoms with Gasteiger partial charge in [-0.25, -0.2) is 0 Å². The number of carbonyl (C=O) groups is 2. The summed E-state index contributed by atoms with van der Waals surface area (Å²) in [5.41, 5.74) is 3.80. The fourth-order valence-electron chi connectivity index (χ4n) is 3.99. The molecule has 0 atom stereocenters. The Morgan fingerprint density at radius 2 is 1.56 bits per heavy atom. The number of nitrogens with one attached hydrogen (secondary N) is 2. The molecule has 176 valence electrons. The predicted molar refractivity (Wildman–Crippen MR) is 136 cm³/mol. The number of phenolic OH excluding ortho intramolecular Hbond substituents is 1. The molecule has 0 aliphatic carbocycles. The molecule has 0 spiro atoms. The minimum Gasteiger partial charge on any atom is -0.508 e. The number of rotatable bonds is 5. The van der Waals surface area contributed by atoms with Crippen LogP contribution >= 0.6 is 0 Å². The smallest absolute Gasteiger partial charge is 0.257 e. The molecule has 1 aliphatic rings. The molecule has 1 saturated heterocycles. The van der Waals surface area contributed by atoms with Crippen LogP contribution in [-0.4, -0.2) is 55.0 Å². The van der Waals surface area contributed by atoms with Gasteiger partial charge in [-0.1, -0.05) is 17.7 Å². The van der Waals surface area contributed by atoms with Gasteiger partial charge in [-0.15, -0.1) is 0 Å². The number of likely N-dealkylation sites (N-methyl/N-ethyl adjacent to an activating group) is 1. The second-order valence-electron chi connectivity index (χ2n) is 8.69. The topological polar surface area (TPSA) is 84.9 Å². The normalized spacial score (nSPS) is 14.4. The van der Waals surface area contributed by atoms with Crippen LogP contribution in [0, 0.1) is 6.92 Å². The van der Waals surface area contributed by atoms with E-state index in [0.717, 1.165) is 43.9 Å². The Hall–Kier alpha value is -3.84. The van der Waals surface area contributed by atoms with E-state index in [1.54, 1.807) is 24.3 Å². The number of amides is 2. The Morgan fingerprint density at radius 1 is 0.824 bits per heavy atom. The van der Waals surface area contributed by atoms with E-state index in [-0.39, 0.29) is 17.2 Å². The highest BCUT2D eigenvalue weighted by Gasteiger charge is 2.17. The number of aryl methyl sites for hydroxylation is 1. The lowest BCUT2D eigenvalue weighted by Crippen LogP contribution is -2.28. The average Bonchev–Trinajstić information content (AvgIpc) is 3.06. The Morgan fingerprint density at radius 3 is 2.29 bits per heavy atom. The van der Waals surface area contributed by atoms with E-state index >= 15 is 0 Å². The molecule has 1 heterocycles. The Balaban J connectivity index is 1.47. The molecule has 3 N–H and O–H groups in total. The second-order valence-corrected chi connectivity index (χ2v) is 8.69. The first-order valence-electron chi connectivity index (χ1n) is 11.4. The predicted octanol–water partition coefficient (Wildman–Crippen LogP) is 4.35. The van der Waals surface area contributed by atoms with E-state index in [4.69, 9.17) is 0 Å². The zero-order chi connectivity index (χ0) is 24.1. The maximum absolute atomic E-state index is 12.9. The summed E-state index contributed by atoms with van der Waals surface area (Å²) >= 11 is 0. The van der Waals surface area contributed by atoms with Crippen molar-refractivity contribution >= 4 is 28.9 Å². The van der Waals surface area contributed by atoms with Crippen molar-refractivity contribution in [3.63, 3.8) is 0 Å². The molecule has 3 aromatic carbocycles. The van der Waals surface area contributed by atoms with Crippen LogP contribution in [0.15, 0.2) is 66.7 Å². The first-order valence-corrected chi connectivity index (χ1v) is 11.4. The van der Waals surface area contributed by atoms with Gasteiger partial charge in [-0.05, 0) is 81.5 Å². The van der Waals surface area contributed by atoms with Crippen LogP contribution in [0.3, 0.4) is 0 Å². The van der Waals surface area contributed by atoms with Crippen molar-refractivity contribution < 1.29 is 14.7 Å². The van der Waals surface area contributed by atoms with E-state index in [1.165, 1.54) is 18.2 Å². The zero-order valence-electron chi connectivity index (χ0n) is 19.5. The van der Waals surface area contributed by atoms with Crippen LogP contribution in [0.5, 0.6) is 5.75 Å². The molecule has 0 saturated carbocycles. The summed E-state index contributed by atoms with van der Waals surface area (Å²) in [6.07, 6.45) is 1.10. The van der Waals surface area contributed by atoms with Gasteiger partial charge in [0, 0.05) is 36.6 Å². The van der Waals surface area contributed by atoms with Crippen LogP contribution in [0.2, 0.25) is 0 Å². The number of hydrogen-bond acceptors (Lipinski definition) is 5. The Labute approximate surface area is 200 Å². The van der Waals surface area contributed by atoms with Gasteiger partial charge < -0.3 is 25.5 Å². The van der Waals surface area contributed by atoms with Crippen molar-refractivity contribution in [2.75, 3.05) is 48.8 Å². The molecule has 0 aromatic heterocycles. The summed E-state index contributed by atoms with van der Waals surface area (Å²) in [5.74, 6) is -0.798. The molecular weight excluding hydrogens is 428 g/mol. The maximum Gasteiger partial charge on any atom is 0.257 e. The van der Waals surface area contributed by atoms with Gasteiger partial charge >= 0.3 is 0 Å². The van der Waals surface area contributed by atoms with Crippen LogP contribution in [0.1, 0.15) is 32.7 Å². The van der Waals surface area contributed by atoms with Gasteiger partial charge in [-0.2, -0.15) is 0 Å². The summed E-state index contributed by atoms with van der Waals surface area (Å²) in [4.78, 5) is 30.5. The fourth-order valence-corrected chi connectivity index (χ4v) is 3.99. The van der Waals surface area contributed by atoms with Crippen molar-refractivity contribution in [1.29, 1.82) is 0 Å². The highest BCUT2D eigenvalue weighted by atomic mass is 16.3. The molecule has 2 amide bonds. The van der Waals surface area contributed by atoms with Gasteiger partial charge in [0.05, 0.1) is 11.3 Å². The quantitative estimate of drug-likeness (QED) is 0.495. The zero-order valence-corrected chi connectivity index (χ0v) is 19.5. The molecule has 3 aromatic rings. The highest BCUT2D eigenvalue weighted by Crippen LogP contribution is 2.24. The fraction of sp³-hybridized carbons (Fsp3) is 0.259. The van der Waals surface area contributed by atoms with Crippen molar-refractivity contribution in [3.8, 4) is 5.75 Å². The van der Waals surface area contributed by atoms with E-state index in [9.17, 15) is 14.7 Å². The van der Waals surface area contributed by atoms with E-state index in [1.807, 2.05) is 31.2 Å². The SMILES string of the molecule is Cc1ccc(NC(=O)c2cc(O)ccc2NC(=O)c2ccc(N3CCCN(C)CC3)cc2)cc1. The lowest BCUT2D eigenvalue weighted by atomic mass is 10.1. The third-order valence-electron chi connectivity index (χ3n) is 6.02. The van der Waals surface area contributed by atoms with E-state index in [2.05, 4.69) is 27.5 Å². The molecule has 0 bridgehead atoms. The monoisotopic (exact) mass is 458 g/mol. The van der Waals surface area contributed by atoms with Gasteiger partial charge in [0.15, 0.2) is 0 Å². The number of hydrogen-bond donors (Lipinski definition) is 3. The number of aromatic hydroxyl groups is 1.